The van der Waals surface area contributed by atoms with Crippen molar-refractivity contribution >= 4 is 67.7 Å². The zero-order chi connectivity index (χ0) is 45.5. The number of aromatic nitrogens is 1. The zero-order valence-corrected chi connectivity index (χ0v) is 35.5. The van der Waals surface area contributed by atoms with Crippen molar-refractivity contribution in [2.45, 2.75) is 0 Å². The van der Waals surface area contributed by atoms with Crippen LogP contribution in [0.4, 0.5) is 17.1 Å². The van der Waals surface area contributed by atoms with Crippen LogP contribution in [0, 0.1) is 0 Å². The third kappa shape index (κ3) is 6.76. The zero-order valence-electron chi connectivity index (χ0n) is 38.5. The second kappa shape index (κ2) is 16.5. The van der Waals surface area contributed by atoms with Gasteiger partial charge in [0.05, 0.1) is 22.2 Å². The van der Waals surface area contributed by atoms with Gasteiger partial charge in [0.1, 0.15) is 0 Å². The van der Waals surface area contributed by atoms with E-state index in [0.29, 0.717) is 16.3 Å². The molecule has 0 radical (unpaired) electrons. The summed E-state index contributed by atoms with van der Waals surface area (Å²) in [4.78, 5) is 2.26. The minimum atomic E-state index is -3.53. The largest absolute Gasteiger partial charge is 0.310 e. The molecule has 1 aromatic heterocycles. The molecule has 0 saturated carbocycles. The van der Waals surface area contributed by atoms with Gasteiger partial charge >= 0.3 is 0 Å². The Hall–Kier alpha value is -7.98. The average molecular weight is 825 g/mol. The smallest absolute Gasteiger partial charge is 0.179 e. The molecule has 298 valence electrons. The predicted octanol–water partition coefficient (Wildman–Crippen LogP) is 13.0. The van der Waals surface area contributed by atoms with Gasteiger partial charge in [0.2, 0.25) is 0 Å². The van der Waals surface area contributed by atoms with Crippen LogP contribution in [-0.2, 0) is 0 Å². The average Bonchev–Trinajstić information content (AvgIpc) is 3.73. The second-order valence-electron chi connectivity index (χ2n) is 15.8. The lowest BCUT2D eigenvalue weighted by Gasteiger charge is -2.34. The highest BCUT2D eigenvalue weighted by Gasteiger charge is 2.41. The van der Waals surface area contributed by atoms with Crippen molar-refractivity contribution in [1.82, 2.24) is 4.57 Å². The van der Waals surface area contributed by atoms with E-state index in [1.807, 2.05) is 78.9 Å². The quantitative estimate of drug-likeness (QED) is 0.0985. The Bertz CT molecular complexity index is 3420. The van der Waals surface area contributed by atoms with Crippen molar-refractivity contribution in [1.29, 1.82) is 0 Å². The van der Waals surface area contributed by atoms with Crippen LogP contribution in [0.15, 0.2) is 267 Å². The van der Waals surface area contributed by atoms with Gasteiger partial charge in [-0.2, -0.15) is 0 Å². The summed E-state index contributed by atoms with van der Waals surface area (Å²) >= 11 is 0. The van der Waals surface area contributed by atoms with Gasteiger partial charge in [-0.1, -0.05) is 218 Å². The first kappa shape index (κ1) is 33.7. The molecule has 0 fully saturated rings. The van der Waals surface area contributed by atoms with Gasteiger partial charge in [-0.25, -0.2) is 0 Å². The summed E-state index contributed by atoms with van der Waals surface area (Å²) in [6.45, 7) is 0. The van der Waals surface area contributed by atoms with Gasteiger partial charge in [0.15, 0.2) is 8.07 Å². The van der Waals surface area contributed by atoms with Crippen LogP contribution in [0.1, 0.15) is 5.48 Å². The van der Waals surface area contributed by atoms with Crippen molar-refractivity contribution in [3.8, 4) is 27.9 Å². The minimum Gasteiger partial charge on any atom is -0.310 e. The highest BCUT2D eigenvalue weighted by molar-refractivity contribution is 7.19. The normalized spacial score (nSPS) is 12.4. The maximum Gasteiger partial charge on any atom is 0.179 e. The summed E-state index contributed by atoms with van der Waals surface area (Å²) in [6, 6.07) is 82.6. The molecule has 0 amide bonds. The van der Waals surface area contributed by atoms with Crippen LogP contribution < -0.4 is 25.6 Å². The topological polar surface area (TPSA) is 8.17 Å². The number of rotatable bonds is 10. The summed E-state index contributed by atoms with van der Waals surface area (Å²) < 4.78 is 42.4. The highest BCUT2D eigenvalue weighted by Crippen LogP contribution is 2.43. The van der Waals surface area contributed by atoms with E-state index >= 15 is 0 Å². The number of nitrogens with zero attached hydrogens (tertiary/aromatic N) is 2. The Kier molecular flexibility index (Phi) is 8.81. The van der Waals surface area contributed by atoms with E-state index in [1.54, 1.807) is 0 Å². The fraction of sp³-hybridized carbons (Fsp3) is 0. The maximum absolute atomic E-state index is 10.6. The highest BCUT2D eigenvalue weighted by atomic mass is 28.3. The van der Waals surface area contributed by atoms with E-state index in [2.05, 4.69) is 173 Å². The summed E-state index contributed by atoms with van der Waals surface area (Å²) in [5, 5.41) is 5.67. The monoisotopic (exact) mass is 824 g/mol. The van der Waals surface area contributed by atoms with Crippen LogP contribution in [0.2, 0.25) is 0 Å². The van der Waals surface area contributed by atoms with E-state index in [4.69, 9.17) is 0 Å². The molecule has 2 nitrogen and oxygen atoms in total. The molecule has 0 bridgehead atoms. The molecule has 0 atom stereocenters. The maximum atomic E-state index is 10.6. The molecule has 11 rings (SSSR count). The fourth-order valence-corrected chi connectivity index (χ4v) is 13.9. The molecule has 1 heterocycles. The van der Waals surface area contributed by atoms with Gasteiger partial charge in [0.25, 0.3) is 0 Å². The first-order valence-corrected chi connectivity index (χ1v) is 23.4. The third-order valence-corrected chi connectivity index (χ3v) is 16.8. The molecular weight excluding hydrogens is 777 g/mol. The van der Waals surface area contributed by atoms with Crippen molar-refractivity contribution in [3.63, 3.8) is 0 Å². The summed E-state index contributed by atoms with van der Waals surface area (Å²) in [7, 11) is -3.53. The van der Waals surface area contributed by atoms with Crippen LogP contribution in [0.25, 0.3) is 49.7 Å². The Labute approximate surface area is 375 Å². The molecule has 10 aromatic carbocycles. The molecule has 0 aliphatic rings. The standard InChI is InChI=1S/C60H44N2Si/c1-6-23-45(24-7-1)55-35-16-19-38-58(55)61(48-26-8-2-9-27-48)49-41-47(42-50(44-49)62-59-39-20-17-36-56(59)57-37-18-21-40-60(57)62)46-25-22-34-54(43-46)63(51-28-10-3-11-29-51,52-30-12-4-13-31-52)53-32-14-5-15-33-53/h1-44H/i22D,25D,34D,43D. The molecule has 0 spiro atoms. The van der Waals surface area contributed by atoms with E-state index in [1.165, 1.54) is 0 Å². The lowest BCUT2D eigenvalue weighted by atomic mass is 10.00. The second-order valence-corrected chi connectivity index (χ2v) is 19.5. The third-order valence-electron chi connectivity index (χ3n) is 12.2. The van der Waals surface area contributed by atoms with Gasteiger partial charge in [0, 0.05) is 33.4 Å². The molecule has 0 aliphatic carbocycles. The molecule has 0 saturated heterocycles. The van der Waals surface area contributed by atoms with Crippen LogP contribution in [-0.4, -0.2) is 12.6 Å². The van der Waals surface area contributed by atoms with Gasteiger partial charge in [-0.05, 0) is 86.0 Å². The van der Waals surface area contributed by atoms with E-state index in [9.17, 15) is 5.48 Å². The molecular formula is C60H44N2Si. The van der Waals surface area contributed by atoms with Crippen molar-refractivity contribution < 1.29 is 5.48 Å². The Morgan fingerprint density at radius 2 is 0.873 bits per heavy atom. The first-order valence-electron chi connectivity index (χ1n) is 23.4. The Balaban J connectivity index is 1.28. The van der Waals surface area contributed by atoms with E-state index < -0.39 is 8.07 Å². The van der Waals surface area contributed by atoms with Crippen LogP contribution in [0.5, 0.6) is 0 Å². The van der Waals surface area contributed by atoms with E-state index in [0.717, 1.165) is 71.2 Å². The van der Waals surface area contributed by atoms with Crippen LogP contribution in [0.3, 0.4) is 0 Å². The van der Waals surface area contributed by atoms with Crippen molar-refractivity contribution in [3.05, 3.63) is 267 Å². The van der Waals surface area contributed by atoms with Gasteiger partial charge in [-0.15, -0.1) is 0 Å². The number of para-hydroxylation sites is 4. The summed E-state index contributed by atoms with van der Waals surface area (Å²) in [5.41, 5.74) is 8.59. The molecule has 0 N–H and O–H groups in total. The Morgan fingerprint density at radius 1 is 0.381 bits per heavy atom. The number of hydrogen-bond acceptors (Lipinski definition) is 1. The van der Waals surface area contributed by atoms with Crippen molar-refractivity contribution in [2.75, 3.05) is 4.90 Å². The number of benzene rings is 10. The molecule has 0 unspecified atom stereocenters. The SMILES string of the molecule is [2H]c1c([2H])c(-c2cc(N(c3ccccc3)c3ccccc3-c3ccccc3)cc(-n3c4ccccc4c4ccccc43)c2)c([2H])c([Si](c2ccccc2)(c2ccccc2)c2ccccc2)c1[2H]. The molecule has 0 aliphatic heterocycles. The molecule has 3 heteroatoms. The Morgan fingerprint density at radius 3 is 1.46 bits per heavy atom. The van der Waals surface area contributed by atoms with Gasteiger partial charge < -0.3 is 9.47 Å². The number of hydrogen-bond donors (Lipinski definition) is 0. The lowest BCUT2D eigenvalue weighted by molar-refractivity contribution is 1.17. The number of anilines is 3. The molecule has 11 aromatic rings. The minimum absolute atomic E-state index is 0.0792. The van der Waals surface area contributed by atoms with Crippen molar-refractivity contribution in [2.24, 2.45) is 0 Å². The molecule has 63 heavy (non-hydrogen) atoms. The fourth-order valence-electron chi connectivity index (χ4n) is 9.41. The summed E-state index contributed by atoms with van der Waals surface area (Å²) in [6.07, 6.45) is 0. The predicted molar refractivity (Wildman–Crippen MR) is 270 cm³/mol. The van der Waals surface area contributed by atoms with Crippen LogP contribution >= 0.6 is 0 Å². The summed E-state index contributed by atoms with van der Waals surface area (Å²) in [5.74, 6) is 0. The first-order chi connectivity index (χ1) is 32.9. The number of fused-ring (bicyclic) bond motifs is 3. The van der Waals surface area contributed by atoms with Gasteiger partial charge in [-0.3, -0.25) is 0 Å². The lowest BCUT2D eigenvalue weighted by Crippen LogP contribution is -2.74. The van der Waals surface area contributed by atoms with E-state index in [-0.39, 0.29) is 24.2 Å².